The standard InChI is InChI=1S/C14H10ClIN4/c1-7-11(16)13(17)20-14(19-7)9-4-5-10(15)8-3-2-6-18-12(8)9/h2-6H,1H3,(H2,17,19,20). The summed E-state index contributed by atoms with van der Waals surface area (Å²) in [5.41, 5.74) is 8.39. The topological polar surface area (TPSA) is 64.7 Å². The monoisotopic (exact) mass is 396 g/mol. The van der Waals surface area contributed by atoms with Crippen LogP contribution in [0.3, 0.4) is 0 Å². The summed E-state index contributed by atoms with van der Waals surface area (Å²) in [7, 11) is 0. The minimum Gasteiger partial charge on any atom is -0.383 e. The van der Waals surface area contributed by atoms with Crippen LogP contribution in [-0.4, -0.2) is 15.0 Å². The zero-order chi connectivity index (χ0) is 14.3. The highest BCUT2D eigenvalue weighted by molar-refractivity contribution is 14.1. The molecule has 3 rings (SSSR count). The molecular formula is C14H10ClIN4. The van der Waals surface area contributed by atoms with E-state index in [4.69, 9.17) is 17.3 Å². The lowest BCUT2D eigenvalue weighted by Crippen LogP contribution is -2.02. The molecular weight excluding hydrogens is 387 g/mol. The SMILES string of the molecule is Cc1nc(-c2ccc(Cl)c3cccnc23)nc(N)c1I. The molecule has 0 radical (unpaired) electrons. The number of hydrogen-bond acceptors (Lipinski definition) is 4. The van der Waals surface area contributed by atoms with Gasteiger partial charge in [-0.3, -0.25) is 4.98 Å². The van der Waals surface area contributed by atoms with Gasteiger partial charge >= 0.3 is 0 Å². The summed E-state index contributed by atoms with van der Waals surface area (Å²) in [4.78, 5) is 13.3. The lowest BCUT2D eigenvalue weighted by molar-refractivity contribution is 1.10. The molecule has 6 heteroatoms. The van der Waals surface area contributed by atoms with E-state index < -0.39 is 0 Å². The lowest BCUT2D eigenvalue weighted by Gasteiger charge is -2.09. The summed E-state index contributed by atoms with van der Waals surface area (Å²) in [6.07, 6.45) is 1.73. The van der Waals surface area contributed by atoms with E-state index in [0.717, 1.165) is 25.7 Å². The van der Waals surface area contributed by atoms with E-state index in [1.54, 1.807) is 6.20 Å². The smallest absolute Gasteiger partial charge is 0.164 e. The van der Waals surface area contributed by atoms with Crippen LogP contribution < -0.4 is 5.73 Å². The van der Waals surface area contributed by atoms with Crippen molar-refractivity contribution in [2.24, 2.45) is 0 Å². The average molecular weight is 397 g/mol. The molecule has 0 aliphatic rings. The van der Waals surface area contributed by atoms with Crippen molar-refractivity contribution in [3.63, 3.8) is 0 Å². The number of pyridine rings is 1. The molecule has 0 saturated carbocycles. The fraction of sp³-hybridized carbons (Fsp3) is 0.0714. The Morgan fingerprint density at radius 2 is 2.00 bits per heavy atom. The molecule has 0 saturated heterocycles. The summed E-state index contributed by atoms with van der Waals surface area (Å²) in [5.74, 6) is 1.05. The van der Waals surface area contributed by atoms with Gasteiger partial charge in [-0.05, 0) is 53.8 Å². The highest BCUT2D eigenvalue weighted by Gasteiger charge is 2.13. The summed E-state index contributed by atoms with van der Waals surface area (Å²) < 4.78 is 0.873. The van der Waals surface area contributed by atoms with Gasteiger partial charge in [0.05, 0.1) is 19.8 Å². The van der Waals surface area contributed by atoms with Gasteiger partial charge in [0.25, 0.3) is 0 Å². The van der Waals surface area contributed by atoms with E-state index in [2.05, 4.69) is 37.5 Å². The fourth-order valence-corrected chi connectivity index (χ4v) is 2.48. The van der Waals surface area contributed by atoms with Crippen LogP contribution in [0.2, 0.25) is 5.02 Å². The van der Waals surface area contributed by atoms with Crippen LogP contribution >= 0.6 is 34.2 Å². The van der Waals surface area contributed by atoms with Gasteiger partial charge in [-0.2, -0.15) is 0 Å². The second kappa shape index (κ2) is 5.14. The van der Waals surface area contributed by atoms with Crippen LogP contribution in [0.15, 0.2) is 30.5 Å². The molecule has 0 aliphatic heterocycles. The van der Waals surface area contributed by atoms with Crippen LogP contribution in [0.25, 0.3) is 22.3 Å². The first-order chi connectivity index (χ1) is 9.58. The van der Waals surface area contributed by atoms with E-state index in [-0.39, 0.29) is 0 Å². The normalized spacial score (nSPS) is 10.9. The van der Waals surface area contributed by atoms with Gasteiger partial charge < -0.3 is 5.73 Å². The molecule has 0 unspecified atom stereocenters. The van der Waals surface area contributed by atoms with Crippen molar-refractivity contribution in [2.75, 3.05) is 5.73 Å². The van der Waals surface area contributed by atoms with Gasteiger partial charge in [0.15, 0.2) is 5.82 Å². The Balaban J connectivity index is 2.33. The molecule has 2 aromatic heterocycles. The highest BCUT2D eigenvalue weighted by atomic mass is 127. The summed E-state index contributed by atoms with van der Waals surface area (Å²) in [6, 6.07) is 7.48. The number of hydrogen-bond donors (Lipinski definition) is 1. The van der Waals surface area contributed by atoms with Crippen molar-refractivity contribution in [3.8, 4) is 11.4 Å². The average Bonchev–Trinajstić information content (AvgIpc) is 2.45. The third-order valence-electron chi connectivity index (χ3n) is 3.00. The Morgan fingerprint density at radius 3 is 2.75 bits per heavy atom. The Hall–Kier alpha value is -1.47. The Kier molecular flexibility index (Phi) is 3.47. The zero-order valence-electron chi connectivity index (χ0n) is 10.6. The molecule has 2 N–H and O–H groups in total. The number of nitrogens with two attached hydrogens (primary N) is 1. The molecule has 0 spiro atoms. The molecule has 0 bridgehead atoms. The van der Waals surface area contributed by atoms with Gasteiger partial charge in [-0.25, -0.2) is 9.97 Å². The van der Waals surface area contributed by atoms with Crippen molar-refractivity contribution in [1.82, 2.24) is 15.0 Å². The second-order valence-corrected chi connectivity index (χ2v) is 5.81. The van der Waals surface area contributed by atoms with Crippen LogP contribution in [0.5, 0.6) is 0 Å². The van der Waals surface area contributed by atoms with Crippen molar-refractivity contribution < 1.29 is 0 Å². The van der Waals surface area contributed by atoms with E-state index in [1.165, 1.54) is 0 Å². The molecule has 100 valence electrons. The van der Waals surface area contributed by atoms with Crippen molar-refractivity contribution >= 4 is 50.9 Å². The minimum atomic E-state index is 0.479. The first-order valence-electron chi connectivity index (χ1n) is 5.91. The molecule has 1 aromatic carbocycles. The van der Waals surface area contributed by atoms with Crippen molar-refractivity contribution in [1.29, 1.82) is 0 Å². The summed E-state index contributed by atoms with van der Waals surface area (Å²) in [6.45, 7) is 1.91. The number of rotatable bonds is 1. The number of aromatic nitrogens is 3. The van der Waals surface area contributed by atoms with E-state index in [0.29, 0.717) is 16.7 Å². The van der Waals surface area contributed by atoms with Crippen molar-refractivity contribution in [3.05, 3.63) is 44.7 Å². The largest absolute Gasteiger partial charge is 0.383 e. The van der Waals surface area contributed by atoms with Crippen LogP contribution in [0, 0.1) is 10.5 Å². The number of halogens is 2. The number of benzene rings is 1. The van der Waals surface area contributed by atoms with Gasteiger partial charge in [-0.15, -0.1) is 0 Å². The van der Waals surface area contributed by atoms with E-state index in [1.807, 2.05) is 31.2 Å². The fourth-order valence-electron chi connectivity index (χ4n) is 2.02. The summed E-state index contributed by atoms with van der Waals surface area (Å²) >= 11 is 8.34. The third kappa shape index (κ3) is 2.20. The van der Waals surface area contributed by atoms with E-state index in [9.17, 15) is 0 Å². The number of aryl methyl sites for hydroxylation is 1. The molecule has 0 fully saturated rings. The third-order valence-corrected chi connectivity index (χ3v) is 4.66. The maximum absolute atomic E-state index is 6.20. The summed E-state index contributed by atoms with van der Waals surface area (Å²) in [5, 5.41) is 1.54. The molecule has 0 atom stereocenters. The van der Waals surface area contributed by atoms with Crippen LogP contribution in [0.1, 0.15) is 5.69 Å². The number of fused-ring (bicyclic) bond motifs is 1. The lowest BCUT2D eigenvalue weighted by atomic mass is 10.1. The maximum atomic E-state index is 6.20. The minimum absolute atomic E-state index is 0.479. The van der Waals surface area contributed by atoms with E-state index >= 15 is 0 Å². The van der Waals surface area contributed by atoms with Gasteiger partial charge in [0.1, 0.15) is 5.82 Å². The first-order valence-corrected chi connectivity index (χ1v) is 7.37. The molecule has 20 heavy (non-hydrogen) atoms. The van der Waals surface area contributed by atoms with Gasteiger partial charge in [0, 0.05) is 17.1 Å². The quantitative estimate of drug-likeness (QED) is 0.635. The van der Waals surface area contributed by atoms with Crippen LogP contribution in [0.4, 0.5) is 5.82 Å². The molecule has 2 heterocycles. The molecule has 0 aliphatic carbocycles. The maximum Gasteiger partial charge on any atom is 0.164 e. The van der Waals surface area contributed by atoms with Gasteiger partial charge in [0.2, 0.25) is 0 Å². The molecule has 4 nitrogen and oxygen atoms in total. The molecule has 3 aromatic rings. The second-order valence-electron chi connectivity index (χ2n) is 4.33. The predicted molar refractivity (Wildman–Crippen MR) is 89.6 cm³/mol. The zero-order valence-corrected chi connectivity index (χ0v) is 13.5. The first kappa shape index (κ1) is 13.5. The number of nitrogens with zero attached hydrogens (tertiary/aromatic N) is 3. The van der Waals surface area contributed by atoms with Gasteiger partial charge in [-0.1, -0.05) is 11.6 Å². The number of anilines is 1. The predicted octanol–water partition coefficient (Wildman–Crippen LogP) is 3.84. The van der Waals surface area contributed by atoms with Crippen molar-refractivity contribution in [2.45, 2.75) is 6.92 Å². The molecule has 0 amide bonds. The Morgan fingerprint density at radius 1 is 1.20 bits per heavy atom. The Bertz CT molecular complexity index is 796. The highest BCUT2D eigenvalue weighted by Crippen LogP contribution is 2.31. The van der Waals surface area contributed by atoms with Crippen LogP contribution in [-0.2, 0) is 0 Å². The Labute approximate surface area is 134 Å². The number of nitrogen functional groups attached to an aromatic ring is 1.